The first-order valence-electron chi connectivity index (χ1n) is 5.18. The average molecular weight is 281 g/mol. The number of hydrogen-bond acceptors (Lipinski definition) is 2. The minimum atomic E-state index is -1.19. The van der Waals surface area contributed by atoms with Crippen molar-refractivity contribution in [2.45, 2.75) is 12.5 Å². The lowest BCUT2D eigenvalue weighted by Crippen LogP contribution is -2.33. The molecule has 100 valence electrons. The van der Waals surface area contributed by atoms with Crippen LogP contribution in [0.5, 0.6) is 0 Å². The van der Waals surface area contributed by atoms with Crippen LogP contribution in [0.15, 0.2) is 12.1 Å². The molecule has 1 saturated heterocycles. The number of hydrogen-bond donors (Lipinski definition) is 1. The van der Waals surface area contributed by atoms with Crippen LogP contribution in [-0.4, -0.2) is 29.9 Å². The first-order chi connectivity index (χ1) is 7.99. The smallest absolute Gasteiger partial charge is 0.259 e. The highest BCUT2D eigenvalue weighted by molar-refractivity contribution is 5.95. The molecule has 7 heteroatoms. The van der Waals surface area contributed by atoms with Crippen LogP contribution in [0.25, 0.3) is 0 Å². The first-order valence-corrected chi connectivity index (χ1v) is 5.18. The van der Waals surface area contributed by atoms with Crippen LogP contribution in [0.2, 0.25) is 0 Å². The summed E-state index contributed by atoms with van der Waals surface area (Å²) in [4.78, 5) is 13.1. The Hall–Kier alpha value is -1.27. The van der Waals surface area contributed by atoms with Gasteiger partial charge in [-0.3, -0.25) is 4.79 Å². The SMILES string of the molecule is Cl.N[C@@H]1CCN(C(=O)c2c(F)cc(F)cc2F)C1. The van der Waals surface area contributed by atoms with Gasteiger partial charge in [0.05, 0.1) is 0 Å². The number of halogens is 4. The highest BCUT2D eigenvalue weighted by Crippen LogP contribution is 2.19. The van der Waals surface area contributed by atoms with Gasteiger partial charge in [-0.25, -0.2) is 13.2 Å². The van der Waals surface area contributed by atoms with Crippen LogP contribution in [0, 0.1) is 17.5 Å². The largest absolute Gasteiger partial charge is 0.337 e. The van der Waals surface area contributed by atoms with Crippen LogP contribution < -0.4 is 5.73 Å². The number of nitrogens with two attached hydrogens (primary N) is 1. The summed E-state index contributed by atoms with van der Waals surface area (Å²) in [6.45, 7) is 0.616. The van der Waals surface area contributed by atoms with E-state index in [-0.39, 0.29) is 25.0 Å². The van der Waals surface area contributed by atoms with Gasteiger partial charge in [-0.1, -0.05) is 0 Å². The predicted molar refractivity (Wildman–Crippen MR) is 62.1 cm³/mol. The highest BCUT2D eigenvalue weighted by atomic mass is 35.5. The molecule has 0 saturated carbocycles. The van der Waals surface area contributed by atoms with Gasteiger partial charge in [-0.2, -0.15) is 0 Å². The summed E-state index contributed by atoms with van der Waals surface area (Å²) in [5.41, 5.74) is 4.88. The van der Waals surface area contributed by atoms with Gasteiger partial charge in [0.25, 0.3) is 5.91 Å². The second-order valence-corrected chi connectivity index (χ2v) is 4.04. The Labute approximate surface area is 108 Å². The molecular weight excluding hydrogens is 269 g/mol. The molecule has 1 amide bonds. The molecule has 2 N–H and O–H groups in total. The Morgan fingerprint density at radius 1 is 1.28 bits per heavy atom. The molecule has 1 aromatic carbocycles. The van der Waals surface area contributed by atoms with E-state index in [1.54, 1.807) is 0 Å². The van der Waals surface area contributed by atoms with Crippen molar-refractivity contribution in [3.8, 4) is 0 Å². The van der Waals surface area contributed by atoms with Crippen LogP contribution in [0.1, 0.15) is 16.8 Å². The van der Waals surface area contributed by atoms with Gasteiger partial charge in [0.15, 0.2) is 0 Å². The molecule has 1 aliphatic rings. The van der Waals surface area contributed by atoms with Crippen LogP contribution in [0.3, 0.4) is 0 Å². The summed E-state index contributed by atoms with van der Waals surface area (Å²) in [6, 6.07) is 0.809. The van der Waals surface area contributed by atoms with Gasteiger partial charge in [0.1, 0.15) is 23.0 Å². The summed E-state index contributed by atoms with van der Waals surface area (Å²) in [7, 11) is 0. The number of nitrogens with zero attached hydrogens (tertiary/aromatic N) is 1. The number of likely N-dealkylation sites (tertiary alicyclic amines) is 1. The first kappa shape index (κ1) is 14.8. The fourth-order valence-corrected chi connectivity index (χ4v) is 1.88. The molecule has 1 heterocycles. The maximum absolute atomic E-state index is 13.4. The van der Waals surface area contributed by atoms with Crippen LogP contribution in [-0.2, 0) is 0 Å². The van der Waals surface area contributed by atoms with Crippen LogP contribution in [0.4, 0.5) is 13.2 Å². The maximum Gasteiger partial charge on any atom is 0.259 e. The molecule has 3 nitrogen and oxygen atoms in total. The third-order valence-electron chi connectivity index (χ3n) is 2.73. The molecule has 1 aliphatic heterocycles. The Bertz CT molecular complexity index is 447. The number of amides is 1. The third kappa shape index (κ3) is 2.76. The quantitative estimate of drug-likeness (QED) is 0.851. The molecule has 0 radical (unpaired) electrons. The molecular formula is C11H12ClF3N2O. The Balaban J connectivity index is 0.00000162. The topological polar surface area (TPSA) is 46.3 Å². The standard InChI is InChI=1S/C11H11F3N2O.ClH/c12-6-3-8(13)10(9(14)4-6)11(17)16-2-1-7(15)5-16;/h3-4,7H,1-2,5,15H2;1H/t7-;/m1./s1. The summed E-state index contributed by atoms with van der Waals surface area (Å²) >= 11 is 0. The molecule has 1 aromatic rings. The van der Waals surface area contributed by atoms with Crippen molar-refractivity contribution in [3.63, 3.8) is 0 Å². The highest BCUT2D eigenvalue weighted by Gasteiger charge is 2.28. The number of rotatable bonds is 1. The van der Waals surface area contributed by atoms with E-state index in [1.807, 2.05) is 0 Å². The van der Waals surface area contributed by atoms with Crippen molar-refractivity contribution in [1.82, 2.24) is 4.90 Å². The van der Waals surface area contributed by atoms with Crippen molar-refractivity contribution >= 4 is 18.3 Å². The lowest BCUT2D eigenvalue weighted by Gasteiger charge is -2.16. The lowest BCUT2D eigenvalue weighted by molar-refractivity contribution is 0.0781. The van der Waals surface area contributed by atoms with E-state index in [9.17, 15) is 18.0 Å². The van der Waals surface area contributed by atoms with Gasteiger partial charge >= 0.3 is 0 Å². The normalized spacial score (nSPS) is 18.7. The van der Waals surface area contributed by atoms with E-state index in [1.165, 1.54) is 4.90 Å². The predicted octanol–water partition coefficient (Wildman–Crippen LogP) is 1.70. The third-order valence-corrected chi connectivity index (χ3v) is 2.73. The average Bonchev–Trinajstić information content (AvgIpc) is 2.63. The molecule has 0 aliphatic carbocycles. The summed E-state index contributed by atoms with van der Waals surface area (Å²) in [5, 5.41) is 0. The van der Waals surface area contributed by atoms with Gasteiger partial charge in [-0.15, -0.1) is 12.4 Å². The molecule has 1 atom stereocenters. The maximum atomic E-state index is 13.4. The minimum absolute atomic E-state index is 0. The molecule has 0 unspecified atom stereocenters. The molecule has 0 aromatic heterocycles. The molecule has 0 spiro atoms. The van der Waals surface area contributed by atoms with Gasteiger partial charge in [0, 0.05) is 31.3 Å². The summed E-state index contributed by atoms with van der Waals surface area (Å²) in [6.07, 6.45) is 0.593. The Morgan fingerprint density at radius 3 is 2.28 bits per heavy atom. The summed E-state index contributed by atoms with van der Waals surface area (Å²) in [5.74, 6) is -4.21. The van der Waals surface area contributed by atoms with E-state index >= 15 is 0 Å². The number of carbonyl (C=O) groups is 1. The fraction of sp³-hybridized carbons (Fsp3) is 0.364. The second kappa shape index (κ2) is 5.58. The van der Waals surface area contributed by atoms with E-state index in [0.717, 1.165) is 0 Å². The molecule has 2 rings (SSSR count). The van der Waals surface area contributed by atoms with Crippen molar-refractivity contribution in [2.24, 2.45) is 5.73 Å². The van der Waals surface area contributed by atoms with E-state index in [4.69, 9.17) is 5.73 Å². The minimum Gasteiger partial charge on any atom is -0.337 e. The number of benzene rings is 1. The zero-order valence-corrected chi connectivity index (χ0v) is 10.1. The molecule has 18 heavy (non-hydrogen) atoms. The van der Waals surface area contributed by atoms with Crippen molar-refractivity contribution < 1.29 is 18.0 Å². The number of carbonyl (C=O) groups excluding carboxylic acids is 1. The van der Waals surface area contributed by atoms with Crippen molar-refractivity contribution in [2.75, 3.05) is 13.1 Å². The zero-order chi connectivity index (χ0) is 12.6. The molecule has 1 fully saturated rings. The van der Waals surface area contributed by atoms with E-state index in [2.05, 4.69) is 0 Å². The van der Waals surface area contributed by atoms with Gasteiger partial charge in [0.2, 0.25) is 0 Å². The van der Waals surface area contributed by atoms with Gasteiger partial charge in [-0.05, 0) is 6.42 Å². The van der Waals surface area contributed by atoms with Crippen molar-refractivity contribution in [3.05, 3.63) is 35.1 Å². The van der Waals surface area contributed by atoms with Crippen LogP contribution >= 0.6 is 12.4 Å². The van der Waals surface area contributed by atoms with Crippen molar-refractivity contribution in [1.29, 1.82) is 0 Å². The lowest BCUT2D eigenvalue weighted by atomic mass is 10.1. The Kier molecular flexibility index (Phi) is 4.59. The fourth-order valence-electron chi connectivity index (χ4n) is 1.88. The second-order valence-electron chi connectivity index (χ2n) is 4.04. The van der Waals surface area contributed by atoms with E-state index in [0.29, 0.717) is 25.1 Å². The summed E-state index contributed by atoms with van der Waals surface area (Å²) < 4.78 is 39.4. The molecule has 0 bridgehead atoms. The Morgan fingerprint density at radius 2 is 1.83 bits per heavy atom. The monoisotopic (exact) mass is 280 g/mol. The van der Waals surface area contributed by atoms with Gasteiger partial charge < -0.3 is 10.6 Å². The van der Waals surface area contributed by atoms with E-state index < -0.39 is 28.9 Å². The zero-order valence-electron chi connectivity index (χ0n) is 9.33.